The van der Waals surface area contributed by atoms with E-state index in [1.165, 1.54) is 11.9 Å². The second-order valence-electron chi connectivity index (χ2n) is 5.96. The van der Waals surface area contributed by atoms with Crippen molar-refractivity contribution in [3.63, 3.8) is 0 Å². The molecule has 1 aromatic heterocycles. The van der Waals surface area contributed by atoms with Crippen LogP contribution in [0.3, 0.4) is 0 Å². The van der Waals surface area contributed by atoms with E-state index < -0.39 is 6.10 Å². The van der Waals surface area contributed by atoms with E-state index in [2.05, 4.69) is 34.5 Å². The average Bonchev–Trinajstić information content (AvgIpc) is 3.09. The highest BCUT2D eigenvalue weighted by Gasteiger charge is 2.09. The summed E-state index contributed by atoms with van der Waals surface area (Å²) >= 11 is 0. The van der Waals surface area contributed by atoms with E-state index in [1.54, 1.807) is 11.0 Å². The molecule has 0 bridgehead atoms. The van der Waals surface area contributed by atoms with Crippen molar-refractivity contribution in [1.82, 2.24) is 20.1 Å². The van der Waals surface area contributed by atoms with Crippen molar-refractivity contribution in [3.8, 4) is 5.69 Å². The minimum absolute atomic E-state index is 0.498. The zero-order valence-electron chi connectivity index (χ0n) is 14.0. The maximum absolute atomic E-state index is 10.3. The van der Waals surface area contributed by atoms with Crippen LogP contribution in [0.4, 0.5) is 0 Å². The van der Waals surface area contributed by atoms with Gasteiger partial charge < -0.3 is 10.4 Å². The lowest BCUT2D eigenvalue weighted by Crippen LogP contribution is -2.21. The SMILES string of the molecule is Cc1ccccc1C(O)CNCc1ccc(-n2cncn2)c(C)c1. The predicted octanol–water partition coefficient (Wildman–Crippen LogP) is 2.71. The lowest BCUT2D eigenvalue weighted by atomic mass is 10.0. The van der Waals surface area contributed by atoms with E-state index in [9.17, 15) is 5.11 Å². The molecule has 0 saturated heterocycles. The van der Waals surface area contributed by atoms with Crippen molar-refractivity contribution >= 4 is 0 Å². The largest absolute Gasteiger partial charge is 0.387 e. The van der Waals surface area contributed by atoms with Gasteiger partial charge >= 0.3 is 0 Å². The maximum atomic E-state index is 10.3. The Balaban J connectivity index is 1.59. The Kier molecular flexibility index (Phi) is 5.03. The van der Waals surface area contributed by atoms with E-state index in [4.69, 9.17) is 0 Å². The summed E-state index contributed by atoms with van der Waals surface area (Å²) in [5.74, 6) is 0. The fourth-order valence-electron chi connectivity index (χ4n) is 2.84. The summed E-state index contributed by atoms with van der Waals surface area (Å²) in [6.07, 6.45) is 2.72. The second-order valence-corrected chi connectivity index (χ2v) is 5.96. The number of nitrogens with one attached hydrogen (secondary N) is 1. The number of aryl methyl sites for hydroxylation is 2. The Labute approximate surface area is 142 Å². The van der Waals surface area contributed by atoms with Gasteiger partial charge in [0, 0.05) is 13.1 Å². The lowest BCUT2D eigenvalue weighted by Gasteiger charge is -2.15. The van der Waals surface area contributed by atoms with Gasteiger partial charge in [0.2, 0.25) is 0 Å². The van der Waals surface area contributed by atoms with Crippen LogP contribution in [0.2, 0.25) is 0 Å². The normalized spacial score (nSPS) is 12.3. The first-order chi connectivity index (χ1) is 11.6. The second kappa shape index (κ2) is 7.38. The third kappa shape index (κ3) is 3.69. The molecule has 0 radical (unpaired) electrons. The van der Waals surface area contributed by atoms with Crippen LogP contribution in [-0.4, -0.2) is 26.4 Å². The van der Waals surface area contributed by atoms with Crippen LogP contribution in [0.5, 0.6) is 0 Å². The molecule has 3 aromatic rings. The number of aliphatic hydroxyl groups is 1. The van der Waals surface area contributed by atoms with Crippen LogP contribution in [-0.2, 0) is 6.54 Å². The Morgan fingerprint density at radius 1 is 1.12 bits per heavy atom. The molecule has 0 aliphatic heterocycles. The minimum Gasteiger partial charge on any atom is -0.387 e. The highest BCUT2D eigenvalue weighted by Crippen LogP contribution is 2.17. The van der Waals surface area contributed by atoms with Gasteiger partial charge in [0.25, 0.3) is 0 Å². The lowest BCUT2D eigenvalue weighted by molar-refractivity contribution is 0.173. The molecular weight excluding hydrogens is 300 g/mol. The summed E-state index contributed by atoms with van der Waals surface area (Å²) in [6, 6.07) is 14.2. The van der Waals surface area contributed by atoms with Crippen LogP contribution in [0.25, 0.3) is 5.69 Å². The third-order valence-electron chi connectivity index (χ3n) is 4.14. The van der Waals surface area contributed by atoms with Crippen molar-refractivity contribution in [2.75, 3.05) is 6.54 Å². The summed E-state index contributed by atoms with van der Waals surface area (Å²) in [5, 5.41) is 17.8. The number of aliphatic hydroxyl groups excluding tert-OH is 1. The topological polar surface area (TPSA) is 63.0 Å². The van der Waals surface area contributed by atoms with Crippen LogP contribution in [0.15, 0.2) is 55.1 Å². The van der Waals surface area contributed by atoms with Crippen molar-refractivity contribution in [2.24, 2.45) is 0 Å². The van der Waals surface area contributed by atoms with Gasteiger partial charge in [-0.2, -0.15) is 5.10 Å². The van der Waals surface area contributed by atoms with Crippen molar-refractivity contribution in [3.05, 3.63) is 77.4 Å². The van der Waals surface area contributed by atoms with Crippen LogP contribution in [0.1, 0.15) is 28.4 Å². The fraction of sp³-hybridized carbons (Fsp3) is 0.263. The van der Waals surface area contributed by atoms with Crippen LogP contribution in [0, 0.1) is 13.8 Å². The molecule has 5 heteroatoms. The van der Waals surface area contributed by atoms with Gasteiger partial charge in [-0.05, 0) is 42.2 Å². The molecule has 0 aliphatic rings. The van der Waals surface area contributed by atoms with Crippen molar-refractivity contribution in [1.29, 1.82) is 0 Å². The number of hydrogen-bond donors (Lipinski definition) is 2. The molecule has 1 atom stereocenters. The van der Waals surface area contributed by atoms with E-state index in [0.717, 1.165) is 22.4 Å². The van der Waals surface area contributed by atoms with Crippen molar-refractivity contribution in [2.45, 2.75) is 26.5 Å². The van der Waals surface area contributed by atoms with Gasteiger partial charge in [-0.3, -0.25) is 0 Å². The van der Waals surface area contributed by atoms with Crippen molar-refractivity contribution < 1.29 is 5.11 Å². The van der Waals surface area contributed by atoms with Gasteiger partial charge in [0.15, 0.2) is 0 Å². The molecular formula is C19H22N4O. The molecule has 2 N–H and O–H groups in total. The molecule has 3 rings (SSSR count). The zero-order chi connectivity index (χ0) is 16.9. The molecule has 0 saturated carbocycles. The number of hydrogen-bond acceptors (Lipinski definition) is 4. The quantitative estimate of drug-likeness (QED) is 0.732. The Morgan fingerprint density at radius 3 is 2.67 bits per heavy atom. The summed E-state index contributed by atoms with van der Waals surface area (Å²) in [5.41, 5.74) is 5.42. The third-order valence-corrected chi connectivity index (χ3v) is 4.14. The molecule has 2 aromatic carbocycles. The molecule has 0 fully saturated rings. The van der Waals surface area contributed by atoms with Crippen LogP contribution >= 0.6 is 0 Å². The molecule has 0 aliphatic carbocycles. The number of aromatic nitrogens is 3. The first kappa shape index (κ1) is 16.4. The maximum Gasteiger partial charge on any atom is 0.138 e. The smallest absolute Gasteiger partial charge is 0.138 e. The summed E-state index contributed by atoms with van der Waals surface area (Å²) in [6.45, 7) is 5.31. The number of benzene rings is 2. The number of nitrogens with zero attached hydrogens (tertiary/aromatic N) is 3. The van der Waals surface area contributed by atoms with Gasteiger partial charge in [-0.1, -0.05) is 36.4 Å². The molecule has 0 amide bonds. The van der Waals surface area contributed by atoms with E-state index in [1.807, 2.05) is 37.3 Å². The van der Waals surface area contributed by atoms with E-state index >= 15 is 0 Å². The molecule has 1 unspecified atom stereocenters. The van der Waals surface area contributed by atoms with E-state index in [-0.39, 0.29) is 0 Å². The predicted molar refractivity (Wildman–Crippen MR) is 93.9 cm³/mol. The van der Waals surface area contributed by atoms with Crippen LogP contribution < -0.4 is 5.32 Å². The summed E-state index contributed by atoms with van der Waals surface area (Å²) in [7, 11) is 0. The monoisotopic (exact) mass is 322 g/mol. The van der Waals surface area contributed by atoms with Gasteiger partial charge in [-0.15, -0.1) is 0 Å². The summed E-state index contributed by atoms with van der Waals surface area (Å²) in [4.78, 5) is 3.98. The number of rotatable bonds is 6. The Hall–Kier alpha value is -2.50. The first-order valence-corrected chi connectivity index (χ1v) is 8.04. The highest BCUT2D eigenvalue weighted by molar-refractivity contribution is 5.41. The average molecular weight is 322 g/mol. The minimum atomic E-state index is -0.498. The fourth-order valence-corrected chi connectivity index (χ4v) is 2.84. The van der Waals surface area contributed by atoms with Gasteiger partial charge in [0.05, 0.1) is 11.8 Å². The first-order valence-electron chi connectivity index (χ1n) is 8.04. The zero-order valence-corrected chi connectivity index (χ0v) is 14.0. The Morgan fingerprint density at radius 2 is 1.96 bits per heavy atom. The molecule has 0 spiro atoms. The Bertz CT molecular complexity index is 799. The van der Waals surface area contributed by atoms with Gasteiger partial charge in [0.1, 0.15) is 12.7 Å². The van der Waals surface area contributed by atoms with Gasteiger partial charge in [-0.25, -0.2) is 9.67 Å². The highest BCUT2D eigenvalue weighted by atomic mass is 16.3. The molecule has 5 nitrogen and oxygen atoms in total. The molecule has 1 heterocycles. The molecule has 24 heavy (non-hydrogen) atoms. The summed E-state index contributed by atoms with van der Waals surface area (Å²) < 4.78 is 1.76. The molecule has 124 valence electrons. The van der Waals surface area contributed by atoms with E-state index in [0.29, 0.717) is 13.1 Å². The standard InChI is InChI=1S/C19H22N4O/c1-14-5-3-4-6-17(14)19(24)11-20-10-16-7-8-18(15(2)9-16)23-13-21-12-22-23/h3-9,12-13,19-20,24H,10-11H2,1-2H3.